The van der Waals surface area contributed by atoms with Gasteiger partial charge in [0.25, 0.3) is 0 Å². The molecule has 20 heavy (non-hydrogen) atoms. The molecule has 0 spiro atoms. The Morgan fingerprint density at radius 3 is 2.50 bits per heavy atom. The number of nitrogens with one attached hydrogen (secondary N) is 1. The molecule has 0 bridgehead atoms. The van der Waals surface area contributed by atoms with E-state index in [1.165, 1.54) is 10.4 Å². The Labute approximate surface area is 125 Å². The van der Waals surface area contributed by atoms with Gasteiger partial charge in [-0.1, -0.05) is 43.3 Å². The normalized spacial score (nSPS) is 14.1. The molecule has 0 fully saturated rings. The van der Waals surface area contributed by atoms with Crippen LogP contribution in [0.2, 0.25) is 0 Å². The highest BCUT2D eigenvalue weighted by atomic mass is 32.1. The highest BCUT2D eigenvalue weighted by Crippen LogP contribution is 2.25. The van der Waals surface area contributed by atoms with Crippen molar-refractivity contribution in [3.8, 4) is 0 Å². The van der Waals surface area contributed by atoms with Gasteiger partial charge in [0.2, 0.25) is 0 Å². The number of ether oxygens (including phenoxy) is 1. The molecule has 2 nitrogen and oxygen atoms in total. The molecule has 1 aromatic heterocycles. The minimum Gasteiger partial charge on any atom is -0.372 e. The van der Waals surface area contributed by atoms with Crippen molar-refractivity contribution >= 4 is 11.3 Å². The Bertz CT molecular complexity index is 469. The standard InChI is InChI=1S/C17H23NOS/c1-3-18-16(13-15-11-8-12-20-15)17(19-4-2)14-9-6-5-7-10-14/h5-12,16-18H,3-4,13H2,1-2H3. The highest BCUT2D eigenvalue weighted by molar-refractivity contribution is 7.09. The maximum Gasteiger partial charge on any atom is 0.0981 e. The van der Waals surface area contributed by atoms with E-state index in [2.05, 4.69) is 60.9 Å². The summed E-state index contributed by atoms with van der Waals surface area (Å²) in [5, 5.41) is 5.72. The van der Waals surface area contributed by atoms with E-state index in [9.17, 15) is 0 Å². The Morgan fingerprint density at radius 2 is 1.90 bits per heavy atom. The van der Waals surface area contributed by atoms with Crippen molar-refractivity contribution in [2.75, 3.05) is 13.2 Å². The average molecular weight is 289 g/mol. The van der Waals surface area contributed by atoms with E-state index < -0.39 is 0 Å². The number of benzene rings is 1. The Balaban J connectivity index is 2.18. The third kappa shape index (κ3) is 4.17. The van der Waals surface area contributed by atoms with Crippen LogP contribution in [0.4, 0.5) is 0 Å². The first-order valence-corrected chi connectivity index (χ1v) is 8.15. The van der Waals surface area contributed by atoms with E-state index in [1.807, 2.05) is 17.4 Å². The van der Waals surface area contributed by atoms with Crippen LogP contribution in [-0.4, -0.2) is 19.2 Å². The number of likely N-dealkylation sites (N-methyl/N-ethyl adjacent to an activating group) is 1. The number of hydrogen-bond acceptors (Lipinski definition) is 3. The first-order valence-electron chi connectivity index (χ1n) is 7.27. The smallest absolute Gasteiger partial charge is 0.0981 e. The summed E-state index contributed by atoms with van der Waals surface area (Å²) in [5.41, 5.74) is 1.25. The van der Waals surface area contributed by atoms with Gasteiger partial charge < -0.3 is 10.1 Å². The van der Waals surface area contributed by atoms with E-state index in [1.54, 1.807) is 0 Å². The maximum atomic E-state index is 6.03. The molecule has 2 unspecified atom stereocenters. The lowest BCUT2D eigenvalue weighted by atomic mass is 9.98. The molecule has 0 aliphatic rings. The van der Waals surface area contributed by atoms with Crippen LogP contribution in [0.25, 0.3) is 0 Å². The number of hydrogen-bond donors (Lipinski definition) is 1. The first kappa shape index (κ1) is 15.2. The predicted molar refractivity (Wildman–Crippen MR) is 86.3 cm³/mol. The Hall–Kier alpha value is -1.16. The second kappa shape index (κ2) is 8.20. The van der Waals surface area contributed by atoms with Gasteiger partial charge in [0, 0.05) is 17.5 Å². The van der Waals surface area contributed by atoms with Gasteiger partial charge >= 0.3 is 0 Å². The Kier molecular flexibility index (Phi) is 6.25. The van der Waals surface area contributed by atoms with Gasteiger partial charge in [-0.25, -0.2) is 0 Å². The fourth-order valence-corrected chi connectivity index (χ4v) is 3.23. The molecule has 0 saturated heterocycles. The lowest BCUT2D eigenvalue weighted by molar-refractivity contribution is 0.0338. The first-order chi connectivity index (χ1) is 9.85. The summed E-state index contributed by atoms with van der Waals surface area (Å²) < 4.78 is 6.03. The van der Waals surface area contributed by atoms with Crippen molar-refractivity contribution in [3.63, 3.8) is 0 Å². The zero-order valence-corrected chi connectivity index (χ0v) is 13.0. The molecular weight excluding hydrogens is 266 g/mol. The quantitative estimate of drug-likeness (QED) is 0.791. The molecule has 0 radical (unpaired) electrons. The molecule has 1 heterocycles. The van der Waals surface area contributed by atoms with Crippen LogP contribution in [0.15, 0.2) is 47.8 Å². The molecule has 0 amide bonds. The molecule has 1 aromatic carbocycles. The lowest BCUT2D eigenvalue weighted by Gasteiger charge is -2.28. The van der Waals surface area contributed by atoms with E-state index in [-0.39, 0.29) is 6.10 Å². The summed E-state index contributed by atoms with van der Waals surface area (Å²) in [5.74, 6) is 0. The zero-order chi connectivity index (χ0) is 14.2. The van der Waals surface area contributed by atoms with Crippen LogP contribution in [0.3, 0.4) is 0 Å². The zero-order valence-electron chi connectivity index (χ0n) is 12.2. The Morgan fingerprint density at radius 1 is 1.10 bits per heavy atom. The third-order valence-electron chi connectivity index (χ3n) is 3.31. The van der Waals surface area contributed by atoms with Gasteiger partial charge in [-0.15, -0.1) is 11.3 Å². The minimum atomic E-state index is 0.100. The molecule has 108 valence electrons. The fraction of sp³-hybridized carbons (Fsp3) is 0.412. The topological polar surface area (TPSA) is 21.3 Å². The molecule has 2 rings (SSSR count). The van der Waals surface area contributed by atoms with Gasteiger partial charge in [-0.05, 0) is 36.9 Å². The van der Waals surface area contributed by atoms with E-state index in [0.717, 1.165) is 19.6 Å². The van der Waals surface area contributed by atoms with Gasteiger partial charge in [-0.3, -0.25) is 0 Å². The SMILES string of the molecule is CCNC(Cc1cccs1)C(OCC)c1ccccc1. The van der Waals surface area contributed by atoms with Crippen LogP contribution in [0, 0.1) is 0 Å². The monoisotopic (exact) mass is 289 g/mol. The van der Waals surface area contributed by atoms with Crippen LogP contribution < -0.4 is 5.32 Å². The number of rotatable bonds is 8. The summed E-state index contributed by atoms with van der Waals surface area (Å²) in [6, 6.07) is 15.1. The maximum absolute atomic E-state index is 6.03. The van der Waals surface area contributed by atoms with Crippen LogP contribution >= 0.6 is 11.3 Å². The fourth-order valence-electron chi connectivity index (χ4n) is 2.46. The van der Waals surface area contributed by atoms with Crippen molar-refractivity contribution < 1.29 is 4.74 Å². The third-order valence-corrected chi connectivity index (χ3v) is 4.21. The van der Waals surface area contributed by atoms with Gasteiger partial charge in [0.15, 0.2) is 0 Å². The van der Waals surface area contributed by atoms with Gasteiger partial charge in [-0.2, -0.15) is 0 Å². The largest absolute Gasteiger partial charge is 0.372 e. The average Bonchev–Trinajstić information content (AvgIpc) is 2.98. The van der Waals surface area contributed by atoms with Crippen molar-refractivity contribution in [1.82, 2.24) is 5.32 Å². The molecule has 0 saturated carbocycles. The van der Waals surface area contributed by atoms with Crippen LogP contribution in [-0.2, 0) is 11.2 Å². The van der Waals surface area contributed by atoms with Gasteiger partial charge in [0.1, 0.15) is 0 Å². The van der Waals surface area contributed by atoms with E-state index in [4.69, 9.17) is 4.74 Å². The molecule has 2 aromatic rings. The summed E-state index contributed by atoms with van der Waals surface area (Å²) >= 11 is 1.81. The van der Waals surface area contributed by atoms with Crippen molar-refractivity contribution in [1.29, 1.82) is 0 Å². The molecule has 0 aliphatic carbocycles. The predicted octanol–water partition coefficient (Wildman–Crippen LogP) is 4.05. The summed E-state index contributed by atoms with van der Waals surface area (Å²) in [4.78, 5) is 1.40. The lowest BCUT2D eigenvalue weighted by Crippen LogP contribution is -2.37. The van der Waals surface area contributed by atoms with Crippen molar-refractivity contribution in [2.45, 2.75) is 32.4 Å². The van der Waals surface area contributed by atoms with Gasteiger partial charge in [0.05, 0.1) is 6.10 Å². The summed E-state index contributed by atoms with van der Waals surface area (Å²) in [6.45, 7) is 5.89. The second-order valence-corrected chi connectivity index (χ2v) is 5.77. The van der Waals surface area contributed by atoms with E-state index in [0.29, 0.717) is 6.04 Å². The van der Waals surface area contributed by atoms with Crippen LogP contribution in [0.1, 0.15) is 30.4 Å². The molecular formula is C17H23NOS. The number of thiophene rings is 1. The van der Waals surface area contributed by atoms with Crippen molar-refractivity contribution in [3.05, 3.63) is 58.3 Å². The molecule has 3 heteroatoms. The molecule has 2 atom stereocenters. The minimum absolute atomic E-state index is 0.100. The van der Waals surface area contributed by atoms with E-state index >= 15 is 0 Å². The summed E-state index contributed by atoms with van der Waals surface area (Å²) in [6.07, 6.45) is 1.11. The second-order valence-electron chi connectivity index (χ2n) is 4.73. The highest BCUT2D eigenvalue weighted by Gasteiger charge is 2.23. The van der Waals surface area contributed by atoms with Crippen molar-refractivity contribution in [2.24, 2.45) is 0 Å². The summed E-state index contributed by atoms with van der Waals surface area (Å²) in [7, 11) is 0. The molecule has 1 N–H and O–H groups in total. The van der Waals surface area contributed by atoms with Crippen LogP contribution in [0.5, 0.6) is 0 Å². The molecule has 0 aliphatic heterocycles.